The first kappa shape index (κ1) is 49.8. The van der Waals surface area contributed by atoms with Crippen LogP contribution in [0.4, 0.5) is 11.4 Å². The Bertz CT molecular complexity index is 2020. The van der Waals surface area contributed by atoms with E-state index in [0.717, 1.165) is 0 Å². The molecule has 0 atom stereocenters. The molecule has 0 heterocycles. The molecule has 0 bridgehead atoms. The van der Waals surface area contributed by atoms with Crippen LogP contribution in [0.2, 0.25) is 0 Å². The molecule has 0 amide bonds. The van der Waals surface area contributed by atoms with Gasteiger partial charge in [0.05, 0.1) is 53.3 Å². The van der Waals surface area contributed by atoms with Crippen LogP contribution >= 0.6 is 0 Å². The van der Waals surface area contributed by atoms with Gasteiger partial charge in [0.2, 0.25) is 12.2 Å². The van der Waals surface area contributed by atoms with Crippen molar-refractivity contribution in [3.05, 3.63) is 89.5 Å². The van der Waals surface area contributed by atoms with Gasteiger partial charge in [-0.05, 0) is 79.2 Å². The first-order chi connectivity index (χ1) is 30.5. The maximum absolute atomic E-state index is 12.6. The second kappa shape index (κ2) is 28.0. The molecule has 21 nitrogen and oxygen atoms in total. The first-order valence-electron chi connectivity index (χ1n) is 18.7. The lowest BCUT2D eigenvalue weighted by Crippen LogP contribution is -2.40. The molecule has 3 rings (SSSR count). The summed E-state index contributed by atoms with van der Waals surface area (Å²) < 4.78 is 51.9. The summed E-state index contributed by atoms with van der Waals surface area (Å²) in [4.78, 5) is 102. The number of esters is 6. The second-order valence-corrected chi connectivity index (χ2v) is 12.6. The summed E-state index contributed by atoms with van der Waals surface area (Å²) in [6.07, 6.45) is 4.46. The van der Waals surface area contributed by atoms with E-state index < -0.39 is 80.9 Å². The molecule has 63 heavy (non-hydrogen) atoms. The lowest BCUT2D eigenvalue weighted by Gasteiger charge is -2.31. The summed E-state index contributed by atoms with van der Waals surface area (Å²) in [6.45, 7) is -2.29. The zero-order valence-corrected chi connectivity index (χ0v) is 33.8. The van der Waals surface area contributed by atoms with Gasteiger partial charge in [0.25, 0.3) is 6.26 Å². The van der Waals surface area contributed by atoms with E-state index in [9.17, 15) is 38.4 Å². The number of nitrogens with zero attached hydrogens (tertiary/aromatic N) is 3. The summed E-state index contributed by atoms with van der Waals surface area (Å²) >= 11 is 0. The number of benzene rings is 3. The van der Waals surface area contributed by atoms with Crippen molar-refractivity contribution in [3.8, 4) is 12.0 Å². The minimum absolute atomic E-state index is 0.166. The van der Waals surface area contributed by atoms with Crippen molar-refractivity contribution < 1.29 is 85.7 Å². The Labute approximate surface area is 359 Å². The van der Waals surface area contributed by atoms with Crippen LogP contribution in [0.25, 0.3) is 0 Å². The van der Waals surface area contributed by atoms with Gasteiger partial charge in [0, 0.05) is 0 Å². The Morgan fingerprint density at radius 2 is 0.841 bits per heavy atom. The molecule has 0 fully saturated rings. The Balaban J connectivity index is 1.45. The number of hydrogen-bond acceptors (Lipinski definition) is 21. The van der Waals surface area contributed by atoms with Gasteiger partial charge in [-0.1, -0.05) is 6.92 Å². The zero-order valence-electron chi connectivity index (χ0n) is 33.8. The monoisotopic (exact) mass is 875 g/mol. The minimum atomic E-state index is -1.26. The highest BCUT2D eigenvalue weighted by Crippen LogP contribution is 2.25. The average Bonchev–Trinajstić information content (AvgIpc) is 3.29. The highest BCUT2D eigenvalue weighted by Gasteiger charge is 2.34. The van der Waals surface area contributed by atoms with Crippen molar-refractivity contribution in [1.29, 1.82) is 5.26 Å². The Kier molecular flexibility index (Phi) is 22.1. The van der Waals surface area contributed by atoms with Gasteiger partial charge in [-0.2, -0.15) is 9.98 Å². The van der Waals surface area contributed by atoms with E-state index in [1.165, 1.54) is 91.2 Å². The molecular formula is C42H41N3O18. The number of hydrogen-bond donors (Lipinski definition) is 0. The van der Waals surface area contributed by atoms with Gasteiger partial charge >= 0.3 is 35.8 Å². The molecule has 3 aromatic rings. The van der Waals surface area contributed by atoms with Gasteiger partial charge in [0.1, 0.15) is 65.2 Å². The minimum Gasteiger partial charge on any atom is -0.463 e. The Hall–Kier alpha value is -7.59. The molecule has 332 valence electrons. The van der Waals surface area contributed by atoms with Crippen molar-refractivity contribution in [2.75, 3.05) is 79.3 Å². The average molecular weight is 876 g/mol. The third-order valence-electron chi connectivity index (χ3n) is 8.22. The molecular weight excluding hydrogens is 834 g/mol. The summed E-state index contributed by atoms with van der Waals surface area (Å²) in [7, 11) is 0. The molecule has 0 aliphatic carbocycles. The number of ether oxygens (including phenoxy) is 10. The number of aliphatic imine (C=N–C) groups is 2. The topological polar surface area (TPSA) is 277 Å². The van der Waals surface area contributed by atoms with Crippen LogP contribution in [-0.2, 0) is 66.6 Å². The van der Waals surface area contributed by atoms with Crippen LogP contribution in [0, 0.1) is 16.9 Å². The van der Waals surface area contributed by atoms with Gasteiger partial charge in [-0.25, -0.2) is 38.4 Å². The summed E-state index contributed by atoms with van der Waals surface area (Å²) in [5.41, 5.74) is -0.0698. The fraction of sp³-hybridized carbons (Fsp3) is 0.357. The van der Waals surface area contributed by atoms with Crippen molar-refractivity contribution in [1.82, 2.24) is 0 Å². The van der Waals surface area contributed by atoms with Crippen molar-refractivity contribution in [2.45, 2.75) is 13.3 Å². The molecule has 0 unspecified atom stereocenters. The van der Waals surface area contributed by atoms with E-state index in [4.69, 9.17) is 47.9 Å². The van der Waals surface area contributed by atoms with Crippen LogP contribution in [0.5, 0.6) is 5.75 Å². The first-order valence-corrected chi connectivity index (χ1v) is 18.7. The zero-order chi connectivity index (χ0) is 45.7. The van der Waals surface area contributed by atoms with Crippen LogP contribution in [0.3, 0.4) is 0 Å². The Morgan fingerprint density at radius 3 is 1.14 bits per heavy atom. The number of isocyanates is 2. The third-order valence-corrected chi connectivity index (χ3v) is 8.22. The standard InChI is InChI=1S/C42H41N3O18/c1-2-42(24-60-36(48)21-54-15-18-57-39(51)30-3-9-33(10-4-30)44-28-46,25-61-37(49)22-55-16-19-58-40(52)31-5-11-34(12-6-31)45-29-47)26-62-38(50)23-56-17-20-59-41(53)32-7-13-35(14-8-32)63-27-43/h3-14H,2,15-26H2,1H3. The fourth-order valence-electron chi connectivity index (χ4n) is 4.71. The highest BCUT2D eigenvalue weighted by atomic mass is 16.6. The van der Waals surface area contributed by atoms with Gasteiger partial charge in [-0.15, -0.1) is 5.26 Å². The number of carbonyl (C=O) groups is 6. The third kappa shape index (κ3) is 19.1. The van der Waals surface area contributed by atoms with Crippen LogP contribution in [0.15, 0.2) is 82.8 Å². The van der Waals surface area contributed by atoms with E-state index in [2.05, 4.69) is 14.7 Å². The highest BCUT2D eigenvalue weighted by molar-refractivity contribution is 5.90. The molecule has 0 N–H and O–H groups in total. The number of carbonyl (C=O) groups excluding carboxylic acids is 8. The van der Waals surface area contributed by atoms with Gasteiger partial charge < -0.3 is 47.4 Å². The largest absolute Gasteiger partial charge is 0.463 e. The fourth-order valence-corrected chi connectivity index (χ4v) is 4.71. The van der Waals surface area contributed by atoms with E-state index in [1.807, 2.05) is 0 Å². The molecule has 0 aromatic heterocycles. The van der Waals surface area contributed by atoms with E-state index in [1.54, 1.807) is 6.92 Å². The molecule has 0 aliphatic heterocycles. The molecule has 0 saturated heterocycles. The smallest absolute Gasteiger partial charge is 0.338 e. The molecule has 21 heteroatoms. The van der Waals surface area contributed by atoms with Crippen molar-refractivity contribution in [3.63, 3.8) is 0 Å². The van der Waals surface area contributed by atoms with Crippen LogP contribution < -0.4 is 4.74 Å². The van der Waals surface area contributed by atoms with E-state index in [-0.39, 0.29) is 68.5 Å². The summed E-state index contributed by atoms with van der Waals surface area (Å²) in [6, 6.07) is 17.0. The molecule has 0 aliphatic rings. The van der Waals surface area contributed by atoms with Crippen LogP contribution in [0.1, 0.15) is 44.4 Å². The van der Waals surface area contributed by atoms with E-state index in [0.29, 0.717) is 11.4 Å². The van der Waals surface area contributed by atoms with Gasteiger partial charge in [-0.3, -0.25) is 0 Å². The summed E-state index contributed by atoms with van der Waals surface area (Å²) in [5.74, 6) is -4.31. The molecule has 0 radical (unpaired) electrons. The maximum Gasteiger partial charge on any atom is 0.338 e. The number of rotatable bonds is 28. The molecule has 0 spiro atoms. The quantitative estimate of drug-likeness (QED) is 0.0252. The Morgan fingerprint density at radius 1 is 0.508 bits per heavy atom. The molecule has 3 aromatic carbocycles. The lowest BCUT2D eigenvalue weighted by molar-refractivity contribution is -0.168. The van der Waals surface area contributed by atoms with Crippen molar-refractivity contribution >= 4 is 59.4 Å². The van der Waals surface area contributed by atoms with Crippen LogP contribution in [-0.4, -0.2) is 127 Å². The second-order valence-electron chi connectivity index (χ2n) is 12.6. The SMILES string of the molecule is CCC(COC(=O)COCCOC(=O)c1ccc(N=C=O)cc1)(COC(=O)COCCOC(=O)c1ccc(N=C=O)cc1)COC(=O)COCCOC(=O)c1ccc(OC#N)cc1. The van der Waals surface area contributed by atoms with Gasteiger partial charge in [0.15, 0.2) is 0 Å². The van der Waals surface area contributed by atoms with E-state index >= 15 is 0 Å². The normalized spacial score (nSPS) is 11.2. The predicted molar refractivity (Wildman–Crippen MR) is 210 cm³/mol. The molecule has 0 saturated carbocycles. The predicted octanol–water partition coefficient (Wildman–Crippen LogP) is 3.43. The summed E-state index contributed by atoms with van der Waals surface area (Å²) in [5, 5.41) is 8.57. The van der Waals surface area contributed by atoms with Crippen molar-refractivity contribution in [2.24, 2.45) is 15.4 Å². The lowest BCUT2D eigenvalue weighted by atomic mass is 9.88. The number of nitriles is 1. The maximum atomic E-state index is 12.6.